The molecule has 1 amide bonds. The summed E-state index contributed by atoms with van der Waals surface area (Å²) in [5.74, 6) is 0.870. The molecule has 1 aliphatic carbocycles. The number of ether oxygens (including phenoxy) is 1. The van der Waals surface area contributed by atoms with Gasteiger partial charge in [-0.2, -0.15) is 4.31 Å². The molecule has 0 bridgehead atoms. The van der Waals surface area contributed by atoms with E-state index in [1.807, 2.05) is 4.90 Å². The van der Waals surface area contributed by atoms with Crippen LogP contribution in [0.4, 0.5) is 5.69 Å². The molecule has 0 N–H and O–H groups in total. The topological polar surface area (TPSA) is 80.1 Å². The SMILES string of the molecule is CC1(C)CN(C(=O)C2CC2)c2ccc(S(=O)(=O)N(Cc3ccco3)C[C@H]3CCCO3)cc21. The van der Waals surface area contributed by atoms with Crippen molar-refractivity contribution in [3.63, 3.8) is 0 Å². The average Bonchev–Trinajstić information content (AvgIpc) is 3.13. The Kier molecular flexibility index (Phi) is 5.42. The molecule has 1 atom stereocenters. The van der Waals surface area contributed by atoms with Gasteiger partial charge in [-0.05, 0) is 61.6 Å². The van der Waals surface area contributed by atoms with Gasteiger partial charge < -0.3 is 14.1 Å². The number of benzene rings is 1. The number of hydrogen-bond donors (Lipinski definition) is 0. The summed E-state index contributed by atoms with van der Waals surface area (Å²) in [6.45, 7) is 5.81. The van der Waals surface area contributed by atoms with Crippen LogP contribution in [0.1, 0.15) is 50.9 Å². The predicted octanol–water partition coefficient (Wildman–Crippen LogP) is 3.68. The molecule has 0 unspecified atom stereocenters. The number of carbonyl (C=O) groups excluding carboxylic acids is 1. The Balaban J connectivity index is 1.48. The van der Waals surface area contributed by atoms with Crippen LogP contribution in [0.15, 0.2) is 45.9 Å². The zero-order valence-corrected chi connectivity index (χ0v) is 19.4. The van der Waals surface area contributed by atoms with Crippen molar-refractivity contribution in [1.29, 1.82) is 0 Å². The number of sulfonamides is 1. The second-order valence-corrected chi connectivity index (χ2v) is 11.7. The maximum absolute atomic E-state index is 13.7. The van der Waals surface area contributed by atoms with Crippen LogP contribution in [-0.2, 0) is 31.5 Å². The Morgan fingerprint density at radius 1 is 1.22 bits per heavy atom. The number of carbonyl (C=O) groups is 1. The standard InChI is InChI=1S/C24H30N2O5S/c1-24(2)16-26(23(27)17-7-8-17)22-10-9-20(13-21(22)24)32(28,29)25(14-18-5-3-11-30-18)15-19-6-4-12-31-19/h3,5,9-11,13,17,19H,4,6-8,12,14-16H2,1-2H3/t19-/m1/s1. The van der Waals surface area contributed by atoms with Crippen LogP contribution in [0.5, 0.6) is 0 Å². The monoisotopic (exact) mass is 458 g/mol. The molecule has 2 aliphatic heterocycles. The number of furan rings is 1. The smallest absolute Gasteiger partial charge is 0.243 e. The molecule has 7 nitrogen and oxygen atoms in total. The van der Waals surface area contributed by atoms with E-state index in [2.05, 4.69) is 13.8 Å². The lowest BCUT2D eigenvalue weighted by Gasteiger charge is -2.25. The van der Waals surface area contributed by atoms with E-state index in [1.165, 1.54) is 4.31 Å². The molecule has 2 aromatic rings. The van der Waals surface area contributed by atoms with Gasteiger partial charge in [0.05, 0.1) is 23.8 Å². The second-order valence-electron chi connectivity index (χ2n) is 9.77. The molecule has 3 heterocycles. The zero-order chi connectivity index (χ0) is 22.5. The highest BCUT2D eigenvalue weighted by molar-refractivity contribution is 7.89. The Bertz CT molecular complexity index is 1100. The highest BCUT2D eigenvalue weighted by Crippen LogP contribution is 2.44. The van der Waals surface area contributed by atoms with Crippen LogP contribution in [0, 0.1) is 5.92 Å². The van der Waals surface area contributed by atoms with Gasteiger partial charge in [-0.15, -0.1) is 0 Å². The lowest BCUT2D eigenvalue weighted by molar-refractivity contribution is -0.119. The first-order valence-electron chi connectivity index (χ1n) is 11.4. The molecule has 1 aromatic heterocycles. The van der Waals surface area contributed by atoms with E-state index < -0.39 is 10.0 Å². The number of amides is 1. The van der Waals surface area contributed by atoms with Crippen LogP contribution < -0.4 is 4.90 Å². The summed E-state index contributed by atoms with van der Waals surface area (Å²) in [4.78, 5) is 14.9. The molecular weight excluding hydrogens is 428 g/mol. The minimum Gasteiger partial charge on any atom is -0.468 e. The molecule has 32 heavy (non-hydrogen) atoms. The molecule has 0 radical (unpaired) electrons. The van der Waals surface area contributed by atoms with Crippen molar-refractivity contribution in [1.82, 2.24) is 4.31 Å². The number of hydrogen-bond acceptors (Lipinski definition) is 5. The van der Waals surface area contributed by atoms with E-state index in [4.69, 9.17) is 9.15 Å². The first kappa shape index (κ1) is 21.7. The number of nitrogens with zero attached hydrogens (tertiary/aromatic N) is 2. The minimum atomic E-state index is -3.79. The van der Waals surface area contributed by atoms with Crippen molar-refractivity contribution >= 4 is 21.6 Å². The molecule has 5 rings (SSSR count). The molecule has 1 aromatic carbocycles. The van der Waals surface area contributed by atoms with Crippen molar-refractivity contribution in [2.24, 2.45) is 5.92 Å². The molecule has 0 spiro atoms. The maximum Gasteiger partial charge on any atom is 0.243 e. The van der Waals surface area contributed by atoms with E-state index in [1.54, 1.807) is 36.6 Å². The Hall–Kier alpha value is -2.16. The number of rotatable bonds is 7. The van der Waals surface area contributed by atoms with Gasteiger partial charge in [0.15, 0.2) is 0 Å². The normalized spacial score (nSPS) is 22.5. The molecular formula is C24H30N2O5S. The Morgan fingerprint density at radius 2 is 2.03 bits per heavy atom. The van der Waals surface area contributed by atoms with E-state index in [0.717, 1.165) is 36.9 Å². The van der Waals surface area contributed by atoms with Crippen molar-refractivity contribution in [2.75, 3.05) is 24.6 Å². The van der Waals surface area contributed by atoms with Crippen molar-refractivity contribution in [3.8, 4) is 0 Å². The molecule has 1 saturated heterocycles. The third-order valence-corrected chi connectivity index (χ3v) is 8.52. The first-order valence-corrected chi connectivity index (χ1v) is 12.8. The average molecular weight is 459 g/mol. The van der Waals surface area contributed by atoms with Gasteiger partial charge in [0.2, 0.25) is 15.9 Å². The third-order valence-electron chi connectivity index (χ3n) is 6.72. The summed E-state index contributed by atoms with van der Waals surface area (Å²) < 4.78 is 40.1. The minimum absolute atomic E-state index is 0.114. The summed E-state index contributed by atoms with van der Waals surface area (Å²) in [6, 6.07) is 8.73. The van der Waals surface area contributed by atoms with Gasteiger partial charge in [0.25, 0.3) is 0 Å². The lowest BCUT2D eigenvalue weighted by atomic mass is 9.87. The van der Waals surface area contributed by atoms with Crippen molar-refractivity contribution in [3.05, 3.63) is 47.9 Å². The molecule has 3 aliphatic rings. The molecule has 8 heteroatoms. The number of anilines is 1. The molecule has 1 saturated carbocycles. The Morgan fingerprint density at radius 3 is 2.69 bits per heavy atom. The summed E-state index contributed by atoms with van der Waals surface area (Å²) in [6.07, 6.45) is 5.12. The quantitative estimate of drug-likeness (QED) is 0.632. The van der Waals surface area contributed by atoms with Gasteiger partial charge in [0.1, 0.15) is 5.76 Å². The Labute approximate surface area is 189 Å². The fraction of sp³-hybridized carbons (Fsp3) is 0.542. The summed E-state index contributed by atoms with van der Waals surface area (Å²) in [5.41, 5.74) is 1.43. The molecule has 2 fully saturated rings. The fourth-order valence-corrected chi connectivity index (χ4v) is 6.22. The number of fused-ring (bicyclic) bond motifs is 1. The largest absolute Gasteiger partial charge is 0.468 e. The second kappa shape index (κ2) is 8.01. The summed E-state index contributed by atoms with van der Waals surface area (Å²) >= 11 is 0. The van der Waals surface area contributed by atoms with Crippen LogP contribution in [0.2, 0.25) is 0 Å². The van der Waals surface area contributed by atoms with Crippen molar-refractivity contribution < 1.29 is 22.4 Å². The summed E-state index contributed by atoms with van der Waals surface area (Å²) in [5, 5.41) is 0. The first-order chi connectivity index (χ1) is 15.3. The van der Waals surface area contributed by atoms with E-state index in [0.29, 0.717) is 18.9 Å². The maximum atomic E-state index is 13.7. The van der Waals surface area contributed by atoms with E-state index >= 15 is 0 Å². The van der Waals surface area contributed by atoms with Gasteiger partial charge in [0, 0.05) is 36.7 Å². The van der Waals surface area contributed by atoms with Gasteiger partial charge >= 0.3 is 0 Å². The van der Waals surface area contributed by atoms with Crippen LogP contribution in [-0.4, -0.2) is 44.4 Å². The molecule has 172 valence electrons. The van der Waals surface area contributed by atoms with Gasteiger partial charge in [-0.25, -0.2) is 8.42 Å². The van der Waals surface area contributed by atoms with Crippen LogP contribution >= 0.6 is 0 Å². The van der Waals surface area contributed by atoms with Gasteiger partial charge in [-0.1, -0.05) is 13.8 Å². The van der Waals surface area contributed by atoms with Gasteiger partial charge in [-0.3, -0.25) is 4.79 Å². The summed E-state index contributed by atoms with van der Waals surface area (Å²) in [7, 11) is -3.79. The zero-order valence-electron chi connectivity index (χ0n) is 18.6. The third kappa shape index (κ3) is 4.00. The fourth-order valence-electron chi connectivity index (χ4n) is 4.75. The lowest BCUT2D eigenvalue weighted by Crippen LogP contribution is -2.37. The highest BCUT2D eigenvalue weighted by atomic mass is 32.2. The van der Waals surface area contributed by atoms with E-state index in [-0.39, 0.29) is 41.3 Å². The predicted molar refractivity (Wildman–Crippen MR) is 120 cm³/mol. The van der Waals surface area contributed by atoms with Crippen LogP contribution in [0.25, 0.3) is 0 Å². The van der Waals surface area contributed by atoms with Crippen molar-refractivity contribution in [2.45, 2.75) is 62.5 Å². The van der Waals surface area contributed by atoms with Crippen LogP contribution in [0.3, 0.4) is 0 Å². The highest BCUT2D eigenvalue weighted by Gasteiger charge is 2.43. The van der Waals surface area contributed by atoms with E-state index in [9.17, 15) is 13.2 Å².